The van der Waals surface area contributed by atoms with Gasteiger partial charge in [-0.2, -0.15) is 0 Å². The van der Waals surface area contributed by atoms with Gasteiger partial charge in [0.25, 0.3) is 0 Å². The van der Waals surface area contributed by atoms with Crippen LogP contribution in [0.4, 0.5) is 0 Å². The number of aromatic nitrogens is 2. The van der Waals surface area contributed by atoms with Gasteiger partial charge < -0.3 is 14.6 Å². The normalized spacial score (nSPS) is 17.4. The van der Waals surface area contributed by atoms with Crippen molar-refractivity contribution in [2.75, 3.05) is 13.2 Å². The van der Waals surface area contributed by atoms with Gasteiger partial charge in [-0.15, -0.1) is 0 Å². The molecule has 2 aromatic rings. The number of aromatic hydroxyl groups is 1. The largest absolute Gasteiger partial charge is 0.505 e. The van der Waals surface area contributed by atoms with Gasteiger partial charge in [-0.25, -0.2) is 9.97 Å². The van der Waals surface area contributed by atoms with Crippen molar-refractivity contribution in [1.82, 2.24) is 9.97 Å². The number of nitrogens with zero attached hydrogens (tertiary/aromatic N) is 2. The second kappa shape index (κ2) is 4.62. The summed E-state index contributed by atoms with van der Waals surface area (Å²) in [7, 11) is 0. The Morgan fingerprint density at radius 1 is 1.22 bits per heavy atom. The van der Waals surface area contributed by atoms with Crippen LogP contribution in [-0.2, 0) is 4.74 Å². The van der Waals surface area contributed by atoms with Crippen LogP contribution in [0.5, 0.6) is 11.5 Å². The monoisotopic (exact) mass is 244 g/mol. The highest BCUT2D eigenvalue weighted by molar-refractivity contribution is 5.56. The molecule has 5 heteroatoms. The molecule has 1 aliphatic heterocycles. The summed E-state index contributed by atoms with van der Waals surface area (Å²) in [6, 6.07) is 7.51. The number of benzene rings is 1. The smallest absolute Gasteiger partial charge is 0.159 e. The summed E-state index contributed by atoms with van der Waals surface area (Å²) in [5.41, 5.74) is 0.880. The molecule has 1 saturated heterocycles. The molecule has 0 unspecified atom stereocenters. The fourth-order valence-electron chi connectivity index (χ4n) is 1.52. The highest BCUT2D eigenvalue weighted by Crippen LogP contribution is 2.21. The van der Waals surface area contributed by atoms with Gasteiger partial charge in [0.1, 0.15) is 18.5 Å². The van der Waals surface area contributed by atoms with Gasteiger partial charge >= 0.3 is 0 Å². The molecule has 0 aliphatic carbocycles. The summed E-state index contributed by atoms with van der Waals surface area (Å²) >= 11 is 0. The second-order valence-electron chi connectivity index (χ2n) is 4.06. The predicted octanol–water partition coefficient (Wildman–Crippen LogP) is 1.63. The first-order chi connectivity index (χ1) is 8.81. The average Bonchev–Trinajstić information content (AvgIpc) is 3.22. The number of rotatable bonds is 4. The molecule has 1 aromatic carbocycles. The van der Waals surface area contributed by atoms with Crippen LogP contribution in [0.1, 0.15) is 0 Å². The lowest BCUT2D eigenvalue weighted by atomic mass is 10.2. The molecule has 2 heterocycles. The van der Waals surface area contributed by atoms with Crippen molar-refractivity contribution in [3.8, 4) is 22.9 Å². The topological polar surface area (TPSA) is 67.8 Å². The summed E-state index contributed by atoms with van der Waals surface area (Å²) in [5, 5.41) is 9.12. The van der Waals surface area contributed by atoms with Crippen LogP contribution in [0, 0.1) is 0 Å². The molecule has 1 aromatic heterocycles. The predicted molar refractivity (Wildman–Crippen MR) is 64.4 cm³/mol. The highest BCUT2D eigenvalue weighted by atomic mass is 16.6. The van der Waals surface area contributed by atoms with Crippen LogP contribution >= 0.6 is 0 Å². The van der Waals surface area contributed by atoms with Crippen LogP contribution in [0.25, 0.3) is 11.4 Å². The van der Waals surface area contributed by atoms with Gasteiger partial charge in [-0.1, -0.05) is 0 Å². The lowest BCUT2D eigenvalue weighted by Gasteiger charge is -2.05. The van der Waals surface area contributed by atoms with Crippen LogP contribution in [-0.4, -0.2) is 34.4 Å². The molecule has 1 N–H and O–H groups in total. The maximum absolute atomic E-state index is 9.12. The first-order valence-corrected chi connectivity index (χ1v) is 5.67. The first-order valence-electron chi connectivity index (χ1n) is 5.67. The third-order valence-electron chi connectivity index (χ3n) is 2.59. The zero-order valence-corrected chi connectivity index (χ0v) is 9.61. The summed E-state index contributed by atoms with van der Waals surface area (Å²) in [5.74, 6) is 1.43. The Morgan fingerprint density at radius 2 is 1.89 bits per heavy atom. The van der Waals surface area contributed by atoms with Gasteiger partial charge in [0, 0.05) is 5.56 Å². The molecular weight excluding hydrogens is 232 g/mol. The van der Waals surface area contributed by atoms with Crippen molar-refractivity contribution < 1.29 is 14.6 Å². The van der Waals surface area contributed by atoms with Crippen molar-refractivity contribution in [2.45, 2.75) is 6.10 Å². The van der Waals surface area contributed by atoms with Gasteiger partial charge in [-0.05, 0) is 24.3 Å². The molecule has 1 aliphatic rings. The lowest BCUT2D eigenvalue weighted by molar-refractivity contribution is 0.263. The van der Waals surface area contributed by atoms with E-state index >= 15 is 0 Å². The zero-order valence-electron chi connectivity index (χ0n) is 9.61. The summed E-state index contributed by atoms with van der Waals surface area (Å²) in [6.45, 7) is 1.38. The Labute approximate surface area is 104 Å². The lowest BCUT2D eigenvalue weighted by Crippen LogP contribution is -2.03. The Kier molecular flexibility index (Phi) is 2.82. The Morgan fingerprint density at radius 3 is 2.50 bits per heavy atom. The average molecular weight is 244 g/mol. The standard InChI is InChI=1S/C13H12N2O3/c16-10-5-14-13(15-6-10)9-1-3-11(4-2-9)17-7-12-8-18-12/h1-6,12,16H,7-8H2/t12-/m1/s1. The summed E-state index contributed by atoms with van der Waals surface area (Å²) in [4.78, 5) is 8.08. The van der Waals surface area contributed by atoms with Crippen molar-refractivity contribution in [2.24, 2.45) is 0 Å². The van der Waals surface area contributed by atoms with Gasteiger partial charge in [-0.3, -0.25) is 0 Å². The minimum absolute atomic E-state index is 0.0585. The van der Waals surface area contributed by atoms with E-state index < -0.39 is 0 Å². The summed E-state index contributed by atoms with van der Waals surface area (Å²) in [6.07, 6.45) is 3.00. The Balaban J connectivity index is 1.71. The molecule has 1 fully saturated rings. The maximum atomic E-state index is 9.12. The highest BCUT2D eigenvalue weighted by Gasteiger charge is 2.22. The van der Waals surface area contributed by atoms with E-state index in [1.54, 1.807) is 0 Å². The van der Waals surface area contributed by atoms with E-state index in [1.165, 1.54) is 12.4 Å². The minimum Gasteiger partial charge on any atom is -0.505 e. The van der Waals surface area contributed by atoms with Crippen LogP contribution < -0.4 is 4.74 Å². The first kappa shape index (κ1) is 11.0. The minimum atomic E-state index is 0.0585. The SMILES string of the molecule is Oc1cnc(-c2ccc(OC[C@@H]3CO3)cc2)nc1. The zero-order chi connectivity index (χ0) is 12.4. The molecule has 5 nitrogen and oxygen atoms in total. The molecule has 0 spiro atoms. The maximum Gasteiger partial charge on any atom is 0.159 e. The molecule has 92 valence electrons. The number of epoxide rings is 1. The molecule has 0 saturated carbocycles. The van der Waals surface area contributed by atoms with Gasteiger partial charge in [0.15, 0.2) is 11.6 Å². The van der Waals surface area contributed by atoms with E-state index in [1.807, 2.05) is 24.3 Å². The Bertz CT molecular complexity index is 521. The fourth-order valence-corrected chi connectivity index (χ4v) is 1.52. The van der Waals surface area contributed by atoms with Crippen molar-refractivity contribution in [1.29, 1.82) is 0 Å². The molecule has 18 heavy (non-hydrogen) atoms. The Hall–Kier alpha value is -2.14. The van der Waals surface area contributed by atoms with E-state index in [0.29, 0.717) is 12.4 Å². The van der Waals surface area contributed by atoms with Crippen LogP contribution in [0.2, 0.25) is 0 Å². The quantitative estimate of drug-likeness (QED) is 0.828. The van der Waals surface area contributed by atoms with E-state index in [0.717, 1.165) is 17.9 Å². The van der Waals surface area contributed by atoms with Crippen molar-refractivity contribution >= 4 is 0 Å². The second-order valence-corrected chi connectivity index (χ2v) is 4.06. The number of hydrogen-bond acceptors (Lipinski definition) is 5. The third kappa shape index (κ3) is 2.57. The van der Waals surface area contributed by atoms with E-state index in [-0.39, 0.29) is 11.9 Å². The van der Waals surface area contributed by atoms with E-state index in [2.05, 4.69) is 9.97 Å². The van der Waals surface area contributed by atoms with Crippen molar-refractivity contribution in [3.05, 3.63) is 36.7 Å². The number of hydrogen-bond donors (Lipinski definition) is 1. The molecule has 0 bridgehead atoms. The third-order valence-corrected chi connectivity index (χ3v) is 2.59. The molecule has 1 atom stereocenters. The summed E-state index contributed by atoms with van der Waals surface area (Å²) < 4.78 is 10.6. The van der Waals surface area contributed by atoms with Crippen LogP contribution in [0.3, 0.4) is 0 Å². The van der Waals surface area contributed by atoms with E-state index in [9.17, 15) is 0 Å². The van der Waals surface area contributed by atoms with Crippen molar-refractivity contribution in [3.63, 3.8) is 0 Å². The van der Waals surface area contributed by atoms with Gasteiger partial charge in [0.05, 0.1) is 19.0 Å². The molecule has 0 radical (unpaired) electrons. The fraction of sp³-hybridized carbons (Fsp3) is 0.231. The molecule has 0 amide bonds. The van der Waals surface area contributed by atoms with E-state index in [4.69, 9.17) is 14.6 Å². The molecular formula is C13H12N2O3. The number of ether oxygens (including phenoxy) is 2. The molecule has 3 rings (SSSR count). The van der Waals surface area contributed by atoms with Crippen LogP contribution in [0.15, 0.2) is 36.7 Å². The van der Waals surface area contributed by atoms with Gasteiger partial charge in [0.2, 0.25) is 0 Å².